The number of ether oxygens (including phenoxy) is 1. The summed E-state index contributed by atoms with van der Waals surface area (Å²) in [6.07, 6.45) is 0.122. The molecule has 0 spiro atoms. The Hall–Kier alpha value is -2.09. The van der Waals surface area contributed by atoms with Gasteiger partial charge in [-0.05, 0) is 25.5 Å². The second-order valence-corrected chi connectivity index (χ2v) is 9.37. The predicted molar refractivity (Wildman–Crippen MR) is 95.0 cm³/mol. The second kappa shape index (κ2) is 9.21. The van der Waals surface area contributed by atoms with Crippen molar-refractivity contribution in [3.8, 4) is 0 Å². The van der Waals surface area contributed by atoms with Crippen LogP contribution in [0.2, 0.25) is 0 Å². The standard InChI is InChI=1S/C14H21N3O8S2/c1-4-25-14(18)6-5-9-15-26(21,22)13-8-7-11(10-12(13)17(19)20)27(23,24)16(2)3/h7-8,10,15H,4-6,9H2,1-3H3. The molecule has 0 saturated heterocycles. The minimum Gasteiger partial charge on any atom is -0.466 e. The van der Waals surface area contributed by atoms with Crippen molar-refractivity contribution < 1.29 is 31.3 Å². The molecule has 0 atom stereocenters. The van der Waals surface area contributed by atoms with Gasteiger partial charge in [0.25, 0.3) is 5.69 Å². The molecule has 13 heteroatoms. The number of carbonyl (C=O) groups is 1. The fourth-order valence-electron chi connectivity index (χ4n) is 1.99. The van der Waals surface area contributed by atoms with E-state index >= 15 is 0 Å². The van der Waals surface area contributed by atoms with Crippen LogP contribution in [0.1, 0.15) is 19.8 Å². The van der Waals surface area contributed by atoms with E-state index in [1.54, 1.807) is 6.92 Å². The molecule has 0 unspecified atom stereocenters. The van der Waals surface area contributed by atoms with Crippen molar-refractivity contribution in [3.63, 3.8) is 0 Å². The number of rotatable bonds is 10. The van der Waals surface area contributed by atoms with E-state index in [-0.39, 0.29) is 26.0 Å². The fraction of sp³-hybridized carbons (Fsp3) is 0.500. The number of nitro benzene ring substituents is 1. The minimum atomic E-state index is -4.28. The third-order valence-electron chi connectivity index (χ3n) is 3.35. The first kappa shape index (κ1) is 23.0. The molecule has 0 amide bonds. The monoisotopic (exact) mass is 423 g/mol. The van der Waals surface area contributed by atoms with E-state index in [9.17, 15) is 31.7 Å². The smallest absolute Gasteiger partial charge is 0.305 e. The zero-order valence-electron chi connectivity index (χ0n) is 15.0. The van der Waals surface area contributed by atoms with E-state index < -0.39 is 46.4 Å². The van der Waals surface area contributed by atoms with Crippen LogP contribution in [0.5, 0.6) is 0 Å². The van der Waals surface area contributed by atoms with Gasteiger partial charge in [0.2, 0.25) is 20.0 Å². The molecule has 1 rings (SSSR count). The van der Waals surface area contributed by atoms with Crippen LogP contribution in [-0.4, -0.2) is 59.3 Å². The van der Waals surface area contributed by atoms with Crippen LogP contribution in [0.3, 0.4) is 0 Å². The number of hydrogen-bond acceptors (Lipinski definition) is 8. The zero-order valence-corrected chi connectivity index (χ0v) is 16.7. The Morgan fingerprint density at radius 3 is 2.41 bits per heavy atom. The SMILES string of the molecule is CCOC(=O)CCCNS(=O)(=O)c1ccc(S(=O)(=O)N(C)C)cc1[N+](=O)[O-]. The Kier molecular flexibility index (Phi) is 7.83. The van der Waals surface area contributed by atoms with Gasteiger partial charge in [-0.2, -0.15) is 0 Å². The zero-order chi connectivity index (χ0) is 20.8. The largest absolute Gasteiger partial charge is 0.466 e. The highest BCUT2D eigenvalue weighted by molar-refractivity contribution is 7.90. The quantitative estimate of drug-likeness (QED) is 0.246. The van der Waals surface area contributed by atoms with Gasteiger partial charge in [0.05, 0.1) is 16.4 Å². The lowest BCUT2D eigenvalue weighted by Gasteiger charge is -2.12. The van der Waals surface area contributed by atoms with Gasteiger partial charge >= 0.3 is 5.97 Å². The summed E-state index contributed by atoms with van der Waals surface area (Å²) in [5.74, 6) is -0.485. The lowest BCUT2D eigenvalue weighted by atomic mass is 10.3. The molecule has 0 radical (unpaired) electrons. The predicted octanol–water partition coefficient (Wildman–Crippen LogP) is 0.467. The van der Waals surface area contributed by atoms with Gasteiger partial charge in [-0.1, -0.05) is 0 Å². The van der Waals surface area contributed by atoms with Crippen molar-refractivity contribution in [1.29, 1.82) is 0 Å². The third kappa shape index (κ3) is 5.95. The number of carbonyl (C=O) groups excluding carboxylic acids is 1. The topological polar surface area (TPSA) is 153 Å². The van der Waals surface area contributed by atoms with Crippen LogP contribution in [0.15, 0.2) is 28.0 Å². The Balaban J connectivity index is 3.07. The third-order valence-corrected chi connectivity index (χ3v) is 6.67. The Morgan fingerprint density at radius 1 is 1.26 bits per heavy atom. The number of nitrogens with zero attached hydrogens (tertiary/aromatic N) is 2. The highest BCUT2D eigenvalue weighted by Gasteiger charge is 2.29. The summed E-state index contributed by atoms with van der Waals surface area (Å²) < 4.78 is 56.6. The molecule has 0 aliphatic rings. The minimum absolute atomic E-state index is 0.0154. The second-order valence-electron chi connectivity index (χ2n) is 5.48. The maximum absolute atomic E-state index is 12.3. The van der Waals surface area contributed by atoms with Crippen LogP contribution in [0.4, 0.5) is 5.69 Å². The van der Waals surface area contributed by atoms with Gasteiger partial charge < -0.3 is 4.74 Å². The van der Waals surface area contributed by atoms with Gasteiger partial charge in [-0.15, -0.1) is 0 Å². The number of hydrogen-bond donors (Lipinski definition) is 1. The molecule has 1 aromatic carbocycles. The lowest BCUT2D eigenvalue weighted by molar-refractivity contribution is -0.388. The van der Waals surface area contributed by atoms with Crippen molar-refractivity contribution in [3.05, 3.63) is 28.3 Å². The molecule has 0 fully saturated rings. The summed E-state index contributed by atoms with van der Waals surface area (Å²) in [5.41, 5.74) is -0.865. The highest BCUT2D eigenvalue weighted by Crippen LogP contribution is 2.27. The first-order valence-corrected chi connectivity index (χ1v) is 10.7. The number of benzene rings is 1. The molecule has 0 bridgehead atoms. The Bertz CT molecular complexity index is 910. The van der Waals surface area contributed by atoms with Crippen LogP contribution in [-0.2, 0) is 29.6 Å². The summed E-state index contributed by atoms with van der Waals surface area (Å²) in [4.78, 5) is 20.4. The Morgan fingerprint density at radius 2 is 1.89 bits per heavy atom. The maximum Gasteiger partial charge on any atom is 0.305 e. The van der Waals surface area contributed by atoms with Gasteiger partial charge in [-0.3, -0.25) is 14.9 Å². The molecule has 0 saturated carbocycles. The van der Waals surface area contributed by atoms with Crippen LogP contribution in [0.25, 0.3) is 0 Å². The van der Waals surface area contributed by atoms with Crippen LogP contribution < -0.4 is 4.72 Å². The molecular weight excluding hydrogens is 402 g/mol. The molecule has 1 N–H and O–H groups in total. The average Bonchev–Trinajstić information content (AvgIpc) is 2.58. The summed E-state index contributed by atoms with van der Waals surface area (Å²) >= 11 is 0. The van der Waals surface area contributed by atoms with E-state index in [0.29, 0.717) is 6.07 Å². The molecule has 27 heavy (non-hydrogen) atoms. The Labute approximate surface area is 157 Å². The number of nitrogens with one attached hydrogen (secondary N) is 1. The van der Waals surface area contributed by atoms with Gasteiger partial charge in [-0.25, -0.2) is 25.9 Å². The molecular formula is C14H21N3O8S2. The van der Waals surface area contributed by atoms with E-state index in [1.807, 2.05) is 0 Å². The first-order valence-electron chi connectivity index (χ1n) is 7.79. The normalized spacial score (nSPS) is 12.1. The van der Waals surface area contributed by atoms with Crippen LogP contribution >= 0.6 is 0 Å². The van der Waals surface area contributed by atoms with Crippen molar-refractivity contribution in [2.75, 3.05) is 27.2 Å². The summed E-state index contributed by atoms with van der Waals surface area (Å²) in [6, 6.07) is 2.54. The molecule has 0 aromatic heterocycles. The highest BCUT2D eigenvalue weighted by atomic mass is 32.2. The van der Waals surface area contributed by atoms with E-state index in [1.165, 1.54) is 14.1 Å². The summed E-state index contributed by atoms with van der Waals surface area (Å²) in [6.45, 7) is 1.70. The van der Waals surface area contributed by atoms with E-state index in [0.717, 1.165) is 16.4 Å². The van der Waals surface area contributed by atoms with Crippen molar-refractivity contribution in [2.24, 2.45) is 0 Å². The molecule has 152 valence electrons. The van der Waals surface area contributed by atoms with Gasteiger partial charge in [0.1, 0.15) is 0 Å². The molecule has 0 aliphatic carbocycles. The van der Waals surface area contributed by atoms with E-state index in [4.69, 9.17) is 4.74 Å². The lowest BCUT2D eigenvalue weighted by Crippen LogP contribution is -2.27. The first-order chi connectivity index (χ1) is 12.4. The maximum atomic E-state index is 12.3. The number of esters is 1. The fourth-order valence-corrected chi connectivity index (χ4v) is 4.14. The van der Waals surface area contributed by atoms with Crippen molar-refractivity contribution in [2.45, 2.75) is 29.6 Å². The van der Waals surface area contributed by atoms with Crippen molar-refractivity contribution >= 4 is 31.7 Å². The number of sulfonamides is 2. The molecule has 1 aromatic rings. The number of nitro groups is 1. The molecule has 0 aliphatic heterocycles. The van der Waals surface area contributed by atoms with Crippen LogP contribution in [0, 0.1) is 10.1 Å². The molecule has 11 nitrogen and oxygen atoms in total. The van der Waals surface area contributed by atoms with Gasteiger partial charge in [0, 0.05) is 33.1 Å². The molecule has 0 heterocycles. The van der Waals surface area contributed by atoms with E-state index in [2.05, 4.69) is 4.72 Å². The summed E-state index contributed by atoms with van der Waals surface area (Å²) in [7, 11) is -5.76. The summed E-state index contributed by atoms with van der Waals surface area (Å²) in [5, 5.41) is 11.3. The van der Waals surface area contributed by atoms with Gasteiger partial charge in [0.15, 0.2) is 4.90 Å². The average molecular weight is 423 g/mol. The van der Waals surface area contributed by atoms with Crippen molar-refractivity contribution in [1.82, 2.24) is 9.03 Å².